The number of halogens is 4. The third-order valence-corrected chi connectivity index (χ3v) is 6.54. The van der Waals surface area contributed by atoms with Crippen LogP contribution >= 0.6 is 0 Å². The van der Waals surface area contributed by atoms with E-state index in [0.717, 1.165) is 17.7 Å². The molecule has 0 radical (unpaired) electrons. The van der Waals surface area contributed by atoms with Crippen molar-refractivity contribution in [2.45, 2.75) is 51.6 Å². The van der Waals surface area contributed by atoms with Crippen molar-refractivity contribution in [3.8, 4) is 16.9 Å². The molecule has 190 valence electrons. The molecule has 36 heavy (non-hydrogen) atoms. The number of carbonyl (C=O) groups excluding carboxylic acids is 1. The highest BCUT2D eigenvalue weighted by Crippen LogP contribution is 2.40. The Balaban J connectivity index is 1.77. The van der Waals surface area contributed by atoms with Gasteiger partial charge in [0, 0.05) is 5.56 Å². The van der Waals surface area contributed by atoms with E-state index < -0.39 is 35.8 Å². The Morgan fingerprint density at radius 3 is 2.31 bits per heavy atom. The van der Waals surface area contributed by atoms with Gasteiger partial charge in [-0.1, -0.05) is 38.1 Å². The third kappa shape index (κ3) is 5.03. The van der Waals surface area contributed by atoms with Crippen molar-refractivity contribution < 1.29 is 31.8 Å². The zero-order chi connectivity index (χ0) is 26.2. The average molecular weight is 502 g/mol. The van der Waals surface area contributed by atoms with Gasteiger partial charge in [0.1, 0.15) is 17.7 Å². The fourth-order valence-corrected chi connectivity index (χ4v) is 4.45. The number of methoxy groups -OCH3 is 1. The molecule has 3 aromatic carbocycles. The molecule has 1 amide bonds. The highest BCUT2D eigenvalue weighted by Gasteiger charge is 2.40. The SMILES string of the molecule is COc1ccc(C(C)C)cc1-c1ccc(C(F)(F)F)cc1CN1C(=O)OC(c2ccc(F)cc2)C1C. The number of carbonyl (C=O) groups is 1. The first kappa shape index (κ1) is 25.5. The van der Waals surface area contributed by atoms with E-state index in [4.69, 9.17) is 9.47 Å². The van der Waals surface area contributed by atoms with Gasteiger partial charge in [-0.2, -0.15) is 13.2 Å². The van der Waals surface area contributed by atoms with E-state index in [1.54, 1.807) is 13.0 Å². The quantitative estimate of drug-likeness (QED) is 0.325. The Labute approximate surface area is 207 Å². The minimum Gasteiger partial charge on any atom is -0.496 e. The molecule has 4 rings (SSSR count). The summed E-state index contributed by atoms with van der Waals surface area (Å²) in [5.74, 6) is 0.290. The molecule has 1 heterocycles. The molecule has 0 saturated carbocycles. The largest absolute Gasteiger partial charge is 0.496 e. The molecule has 1 aliphatic heterocycles. The molecule has 2 atom stereocenters. The number of amides is 1. The van der Waals surface area contributed by atoms with Gasteiger partial charge in [-0.25, -0.2) is 9.18 Å². The van der Waals surface area contributed by atoms with Crippen LogP contribution in [0.4, 0.5) is 22.4 Å². The maximum atomic E-state index is 13.6. The summed E-state index contributed by atoms with van der Waals surface area (Å²) in [6.45, 7) is 5.70. The van der Waals surface area contributed by atoms with Crippen LogP contribution in [0.2, 0.25) is 0 Å². The second kappa shape index (κ2) is 9.84. The molecule has 8 heteroatoms. The molecule has 0 aliphatic carbocycles. The molecular formula is C28H27F4NO3. The molecular weight excluding hydrogens is 474 g/mol. The van der Waals surface area contributed by atoms with Gasteiger partial charge >= 0.3 is 12.3 Å². The predicted molar refractivity (Wildman–Crippen MR) is 128 cm³/mol. The number of rotatable bonds is 6. The fraction of sp³-hybridized carbons (Fsp3) is 0.321. The van der Waals surface area contributed by atoms with Crippen LogP contribution in [0.15, 0.2) is 60.7 Å². The summed E-state index contributed by atoms with van der Waals surface area (Å²) in [5.41, 5.74) is 2.29. The lowest BCUT2D eigenvalue weighted by molar-refractivity contribution is -0.137. The number of hydrogen-bond acceptors (Lipinski definition) is 3. The Morgan fingerprint density at radius 2 is 1.69 bits per heavy atom. The topological polar surface area (TPSA) is 38.8 Å². The lowest BCUT2D eigenvalue weighted by Crippen LogP contribution is -2.31. The number of ether oxygens (including phenoxy) is 2. The Kier molecular flexibility index (Phi) is 6.98. The third-order valence-electron chi connectivity index (χ3n) is 6.54. The van der Waals surface area contributed by atoms with Crippen LogP contribution in [-0.4, -0.2) is 24.1 Å². The van der Waals surface area contributed by atoms with Crippen molar-refractivity contribution in [3.05, 3.63) is 88.7 Å². The van der Waals surface area contributed by atoms with E-state index in [2.05, 4.69) is 0 Å². The molecule has 0 aromatic heterocycles. The van der Waals surface area contributed by atoms with E-state index in [-0.39, 0.29) is 12.5 Å². The first-order valence-corrected chi connectivity index (χ1v) is 11.6. The van der Waals surface area contributed by atoms with E-state index in [1.165, 1.54) is 42.3 Å². The van der Waals surface area contributed by atoms with Gasteiger partial charge in [-0.05, 0) is 71.5 Å². The molecule has 0 spiro atoms. The van der Waals surface area contributed by atoms with Gasteiger partial charge in [0.2, 0.25) is 0 Å². The van der Waals surface area contributed by atoms with Crippen LogP contribution in [0.3, 0.4) is 0 Å². The summed E-state index contributed by atoms with van der Waals surface area (Å²) >= 11 is 0. The summed E-state index contributed by atoms with van der Waals surface area (Å²) in [6.07, 6.45) is -5.88. The molecule has 4 nitrogen and oxygen atoms in total. The fourth-order valence-electron chi connectivity index (χ4n) is 4.45. The van der Waals surface area contributed by atoms with Gasteiger partial charge in [0.15, 0.2) is 0 Å². The summed E-state index contributed by atoms with van der Waals surface area (Å²) in [5, 5.41) is 0. The summed E-state index contributed by atoms with van der Waals surface area (Å²) < 4.78 is 65.4. The van der Waals surface area contributed by atoms with Crippen LogP contribution in [0.1, 0.15) is 55.0 Å². The minimum absolute atomic E-state index is 0.105. The Morgan fingerprint density at radius 1 is 1.00 bits per heavy atom. The molecule has 2 unspecified atom stereocenters. The maximum Gasteiger partial charge on any atom is 0.416 e. The standard InChI is InChI=1S/C28H27F4NO3/c1-16(2)19-7-12-25(35-4)24(14-19)23-11-8-21(28(30,31)32)13-20(23)15-33-17(3)26(36-27(33)34)18-5-9-22(29)10-6-18/h5-14,16-17,26H,15H2,1-4H3. The molecule has 0 N–H and O–H groups in total. The highest BCUT2D eigenvalue weighted by atomic mass is 19.4. The first-order chi connectivity index (χ1) is 17.0. The number of hydrogen-bond donors (Lipinski definition) is 0. The van der Waals surface area contributed by atoms with E-state index in [0.29, 0.717) is 28.0 Å². The zero-order valence-electron chi connectivity index (χ0n) is 20.4. The van der Waals surface area contributed by atoms with Crippen molar-refractivity contribution in [2.75, 3.05) is 7.11 Å². The van der Waals surface area contributed by atoms with Gasteiger partial charge in [0.05, 0.1) is 25.3 Å². The average Bonchev–Trinajstić information content (AvgIpc) is 3.11. The zero-order valence-corrected chi connectivity index (χ0v) is 20.4. The predicted octanol–water partition coefficient (Wildman–Crippen LogP) is 7.73. The molecule has 1 saturated heterocycles. The number of benzene rings is 3. The molecule has 1 aliphatic rings. The summed E-state index contributed by atoms with van der Waals surface area (Å²) in [4.78, 5) is 14.2. The van der Waals surface area contributed by atoms with Crippen molar-refractivity contribution in [3.63, 3.8) is 0 Å². The van der Waals surface area contributed by atoms with Crippen LogP contribution in [0, 0.1) is 5.82 Å². The molecule has 0 bridgehead atoms. The van der Waals surface area contributed by atoms with Crippen molar-refractivity contribution in [2.24, 2.45) is 0 Å². The first-order valence-electron chi connectivity index (χ1n) is 11.6. The van der Waals surface area contributed by atoms with Crippen LogP contribution in [0.5, 0.6) is 5.75 Å². The van der Waals surface area contributed by atoms with E-state index >= 15 is 0 Å². The number of alkyl halides is 3. The van der Waals surface area contributed by atoms with Crippen LogP contribution in [0.25, 0.3) is 11.1 Å². The van der Waals surface area contributed by atoms with Gasteiger partial charge in [-0.15, -0.1) is 0 Å². The van der Waals surface area contributed by atoms with Gasteiger partial charge in [0.25, 0.3) is 0 Å². The van der Waals surface area contributed by atoms with E-state index in [9.17, 15) is 22.4 Å². The molecule has 1 fully saturated rings. The normalized spacial score (nSPS) is 18.0. The second-order valence-corrected chi connectivity index (χ2v) is 9.21. The summed E-state index contributed by atoms with van der Waals surface area (Å²) in [6, 6.07) is 14.3. The lowest BCUT2D eigenvalue weighted by atomic mass is 9.92. The highest BCUT2D eigenvalue weighted by molar-refractivity contribution is 5.76. The lowest BCUT2D eigenvalue weighted by Gasteiger charge is -2.24. The van der Waals surface area contributed by atoms with Gasteiger partial charge in [-0.3, -0.25) is 4.90 Å². The minimum atomic E-state index is -4.55. The molecule has 3 aromatic rings. The Hall–Kier alpha value is -3.55. The van der Waals surface area contributed by atoms with Crippen molar-refractivity contribution in [1.29, 1.82) is 0 Å². The second-order valence-electron chi connectivity index (χ2n) is 9.21. The van der Waals surface area contributed by atoms with Crippen molar-refractivity contribution >= 4 is 6.09 Å². The number of nitrogens with zero attached hydrogens (tertiary/aromatic N) is 1. The Bertz CT molecular complexity index is 1250. The van der Waals surface area contributed by atoms with E-state index in [1.807, 2.05) is 26.0 Å². The maximum absolute atomic E-state index is 13.6. The van der Waals surface area contributed by atoms with Crippen molar-refractivity contribution in [1.82, 2.24) is 4.90 Å². The van der Waals surface area contributed by atoms with Gasteiger partial charge < -0.3 is 9.47 Å². The monoisotopic (exact) mass is 501 g/mol. The summed E-state index contributed by atoms with van der Waals surface area (Å²) in [7, 11) is 1.50. The van der Waals surface area contributed by atoms with Crippen LogP contribution in [-0.2, 0) is 17.5 Å². The smallest absolute Gasteiger partial charge is 0.416 e. The van der Waals surface area contributed by atoms with Crippen LogP contribution < -0.4 is 4.74 Å². The number of cyclic esters (lactones) is 1.